The van der Waals surface area contributed by atoms with Crippen LogP contribution in [0.1, 0.15) is 46.0 Å². The Morgan fingerprint density at radius 3 is 2.40 bits per heavy atom. The van der Waals surface area contributed by atoms with E-state index in [1.165, 1.54) is 25.7 Å². The summed E-state index contributed by atoms with van der Waals surface area (Å²) in [6, 6.07) is 1.11. The van der Waals surface area contributed by atoms with Gasteiger partial charge in [-0.25, -0.2) is 0 Å². The number of nitrogens with one attached hydrogen (secondary N) is 1. The van der Waals surface area contributed by atoms with Crippen molar-refractivity contribution in [1.29, 1.82) is 5.41 Å². The fourth-order valence-electron chi connectivity index (χ4n) is 2.47. The molecule has 0 spiro atoms. The number of amidine groups is 1. The molecular formula is C12H25N3. The molecular weight excluding hydrogens is 186 g/mol. The molecule has 0 aromatic carbocycles. The summed E-state index contributed by atoms with van der Waals surface area (Å²) in [5.41, 5.74) is 5.44. The number of hydrogen-bond donors (Lipinski definition) is 2. The summed E-state index contributed by atoms with van der Waals surface area (Å²) in [5, 5.41) is 7.32. The highest BCUT2D eigenvalue weighted by Gasteiger charge is 2.24. The van der Waals surface area contributed by atoms with Crippen LogP contribution in [-0.2, 0) is 0 Å². The van der Waals surface area contributed by atoms with Gasteiger partial charge in [-0.2, -0.15) is 0 Å². The Hall–Kier alpha value is -0.570. The summed E-state index contributed by atoms with van der Waals surface area (Å²) >= 11 is 0. The zero-order valence-electron chi connectivity index (χ0n) is 10.3. The highest BCUT2D eigenvalue weighted by Crippen LogP contribution is 2.27. The second-order valence-electron chi connectivity index (χ2n) is 5.16. The minimum absolute atomic E-state index is 0.304. The highest BCUT2D eigenvalue weighted by atomic mass is 15.2. The molecule has 1 rings (SSSR count). The molecule has 0 radical (unpaired) electrons. The van der Waals surface area contributed by atoms with Crippen LogP contribution in [0.3, 0.4) is 0 Å². The predicted octanol–water partition coefficient (Wildman–Crippen LogP) is 2.21. The van der Waals surface area contributed by atoms with Crippen molar-refractivity contribution in [3.8, 4) is 0 Å². The molecule has 15 heavy (non-hydrogen) atoms. The molecule has 0 amide bonds. The van der Waals surface area contributed by atoms with Crippen LogP contribution >= 0.6 is 0 Å². The van der Waals surface area contributed by atoms with E-state index in [0.717, 1.165) is 5.92 Å². The van der Waals surface area contributed by atoms with Gasteiger partial charge in [0, 0.05) is 18.5 Å². The van der Waals surface area contributed by atoms with Crippen LogP contribution in [0, 0.1) is 11.3 Å². The molecule has 1 saturated carbocycles. The van der Waals surface area contributed by atoms with Crippen LogP contribution in [0.15, 0.2) is 0 Å². The van der Waals surface area contributed by atoms with Crippen LogP contribution in [0.4, 0.5) is 0 Å². The van der Waals surface area contributed by atoms with Crippen LogP contribution in [-0.4, -0.2) is 29.9 Å². The Bertz CT molecular complexity index is 207. The normalized spacial score (nSPS) is 29.1. The topological polar surface area (TPSA) is 53.1 Å². The van der Waals surface area contributed by atoms with Gasteiger partial charge in [-0.1, -0.05) is 6.92 Å². The van der Waals surface area contributed by atoms with E-state index in [1.807, 2.05) is 0 Å². The molecule has 88 valence electrons. The van der Waals surface area contributed by atoms with Gasteiger partial charge in [0.05, 0.1) is 5.84 Å². The number of nitrogens with zero attached hydrogens (tertiary/aromatic N) is 1. The van der Waals surface area contributed by atoms with Gasteiger partial charge in [-0.15, -0.1) is 0 Å². The second kappa shape index (κ2) is 5.50. The molecule has 1 aliphatic rings. The molecule has 0 aliphatic heterocycles. The van der Waals surface area contributed by atoms with Gasteiger partial charge in [0.25, 0.3) is 0 Å². The second-order valence-corrected chi connectivity index (χ2v) is 5.16. The van der Waals surface area contributed by atoms with Crippen molar-refractivity contribution in [2.75, 3.05) is 7.05 Å². The summed E-state index contributed by atoms with van der Waals surface area (Å²) in [6.45, 7) is 4.51. The number of rotatable bonds is 4. The SMILES string of the molecule is CC1CCC(N(C)C(C)CC(=N)N)CC1. The third kappa shape index (κ3) is 3.82. The van der Waals surface area contributed by atoms with Crippen LogP contribution < -0.4 is 5.73 Å². The minimum Gasteiger partial charge on any atom is -0.388 e. The van der Waals surface area contributed by atoms with Gasteiger partial charge in [-0.3, -0.25) is 5.41 Å². The Balaban J connectivity index is 2.38. The molecule has 1 atom stereocenters. The van der Waals surface area contributed by atoms with Crippen LogP contribution in [0.5, 0.6) is 0 Å². The van der Waals surface area contributed by atoms with Crippen molar-refractivity contribution < 1.29 is 0 Å². The smallest absolute Gasteiger partial charge is 0.0920 e. The lowest BCUT2D eigenvalue weighted by atomic mass is 9.86. The predicted molar refractivity (Wildman–Crippen MR) is 65.2 cm³/mol. The van der Waals surface area contributed by atoms with Crippen molar-refractivity contribution >= 4 is 5.84 Å². The third-order valence-corrected chi connectivity index (χ3v) is 3.77. The molecule has 0 aromatic heterocycles. The maximum Gasteiger partial charge on any atom is 0.0920 e. The molecule has 3 N–H and O–H groups in total. The maximum absolute atomic E-state index is 7.32. The molecule has 1 unspecified atom stereocenters. The van der Waals surface area contributed by atoms with Gasteiger partial charge in [-0.05, 0) is 45.6 Å². The summed E-state index contributed by atoms with van der Waals surface area (Å²) in [4.78, 5) is 2.41. The van der Waals surface area contributed by atoms with E-state index in [1.54, 1.807) is 0 Å². The monoisotopic (exact) mass is 211 g/mol. The first-order valence-corrected chi connectivity index (χ1v) is 6.05. The van der Waals surface area contributed by atoms with E-state index in [0.29, 0.717) is 24.3 Å². The van der Waals surface area contributed by atoms with Crippen LogP contribution in [0.25, 0.3) is 0 Å². The van der Waals surface area contributed by atoms with E-state index >= 15 is 0 Å². The largest absolute Gasteiger partial charge is 0.388 e. The van der Waals surface area contributed by atoms with E-state index in [9.17, 15) is 0 Å². The van der Waals surface area contributed by atoms with Crippen molar-refractivity contribution in [2.45, 2.75) is 58.0 Å². The van der Waals surface area contributed by atoms with E-state index in [-0.39, 0.29) is 0 Å². The number of nitrogens with two attached hydrogens (primary N) is 1. The van der Waals surface area contributed by atoms with Gasteiger partial charge in [0.15, 0.2) is 0 Å². The highest BCUT2D eigenvalue weighted by molar-refractivity contribution is 5.77. The van der Waals surface area contributed by atoms with E-state index in [2.05, 4.69) is 25.8 Å². The quantitative estimate of drug-likeness (QED) is 0.553. The number of hydrogen-bond acceptors (Lipinski definition) is 2. The molecule has 3 heteroatoms. The Labute approximate surface area is 93.5 Å². The summed E-state index contributed by atoms with van der Waals surface area (Å²) in [6.07, 6.45) is 6.01. The first-order valence-electron chi connectivity index (χ1n) is 6.05. The molecule has 0 bridgehead atoms. The first-order chi connectivity index (χ1) is 7.00. The first kappa shape index (κ1) is 12.5. The zero-order valence-corrected chi connectivity index (χ0v) is 10.3. The minimum atomic E-state index is 0.304. The standard InChI is InChI=1S/C12H25N3/c1-9-4-6-11(7-5-9)15(3)10(2)8-12(13)14/h9-11H,4-8H2,1-3H3,(H3,13,14). The van der Waals surface area contributed by atoms with Gasteiger partial charge >= 0.3 is 0 Å². The van der Waals surface area contributed by atoms with Crippen LogP contribution in [0.2, 0.25) is 0 Å². The van der Waals surface area contributed by atoms with Gasteiger partial charge in [0.1, 0.15) is 0 Å². The molecule has 1 fully saturated rings. The average Bonchev–Trinajstić information content (AvgIpc) is 2.17. The van der Waals surface area contributed by atoms with Crippen molar-refractivity contribution in [3.05, 3.63) is 0 Å². The van der Waals surface area contributed by atoms with Crippen molar-refractivity contribution in [2.24, 2.45) is 11.7 Å². The van der Waals surface area contributed by atoms with Crippen molar-refractivity contribution in [1.82, 2.24) is 4.90 Å². The Morgan fingerprint density at radius 1 is 1.40 bits per heavy atom. The van der Waals surface area contributed by atoms with Crippen molar-refractivity contribution in [3.63, 3.8) is 0 Å². The molecule has 0 saturated heterocycles. The van der Waals surface area contributed by atoms with E-state index in [4.69, 9.17) is 11.1 Å². The molecule has 0 heterocycles. The van der Waals surface area contributed by atoms with E-state index < -0.39 is 0 Å². The Morgan fingerprint density at radius 2 is 1.93 bits per heavy atom. The lowest BCUT2D eigenvalue weighted by molar-refractivity contribution is 0.134. The Kier molecular flexibility index (Phi) is 4.58. The fraction of sp³-hybridized carbons (Fsp3) is 0.917. The summed E-state index contributed by atoms with van der Waals surface area (Å²) < 4.78 is 0. The average molecular weight is 211 g/mol. The summed E-state index contributed by atoms with van der Waals surface area (Å²) in [5.74, 6) is 1.20. The lowest BCUT2D eigenvalue weighted by Crippen LogP contribution is -2.42. The van der Waals surface area contributed by atoms with Gasteiger partial charge < -0.3 is 10.6 Å². The molecule has 1 aliphatic carbocycles. The fourth-order valence-corrected chi connectivity index (χ4v) is 2.47. The molecule has 3 nitrogen and oxygen atoms in total. The molecule has 0 aromatic rings. The maximum atomic E-state index is 7.32. The summed E-state index contributed by atoms with van der Waals surface area (Å²) in [7, 11) is 2.17. The van der Waals surface area contributed by atoms with Gasteiger partial charge in [0.2, 0.25) is 0 Å². The lowest BCUT2D eigenvalue weighted by Gasteiger charge is -2.37. The zero-order chi connectivity index (χ0) is 11.4. The third-order valence-electron chi connectivity index (χ3n) is 3.77.